The molecule has 0 aromatic heterocycles. The molecule has 1 aromatic carbocycles. The predicted octanol–water partition coefficient (Wildman–Crippen LogP) is 2.51. The normalized spacial score (nSPS) is 9.31. The zero-order valence-electron chi connectivity index (χ0n) is 7.71. The Morgan fingerprint density at radius 2 is 2.08 bits per heavy atom. The molecule has 0 atom stereocenters. The summed E-state index contributed by atoms with van der Waals surface area (Å²) in [5.41, 5.74) is 2.01. The lowest BCUT2D eigenvalue weighted by molar-refractivity contribution is -0.115. The van der Waals surface area contributed by atoms with Crippen molar-refractivity contribution < 1.29 is 4.79 Å². The zero-order valence-corrected chi connectivity index (χ0v) is 7.71. The van der Waals surface area contributed by atoms with Crippen molar-refractivity contribution in [1.29, 1.82) is 0 Å². The Kier molecular flexibility index (Phi) is 3.26. The molecule has 0 saturated heterocycles. The lowest BCUT2D eigenvalue weighted by Crippen LogP contribution is -2.09. The quantitative estimate of drug-likeness (QED) is 0.702. The number of carbonyl (C=O) groups is 1. The third-order valence-electron chi connectivity index (χ3n) is 1.67. The van der Waals surface area contributed by atoms with Crippen molar-refractivity contribution in [1.82, 2.24) is 0 Å². The smallest absolute Gasteiger partial charge is 0.228 e. The zero-order chi connectivity index (χ0) is 9.68. The topological polar surface area (TPSA) is 29.1 Å². The summed E-state index contributed by atoms with van der Waals surface area (Å²) in [6, 6.07) is 7.69. The lowest BCUT2D eigenvalue weighted by Gasteiger charge is -2.02. The number of rotatable bonds is 3. The van der Waals surface area contributed by atoms with Gasteiger partial charge in [0.15, 0.2) is 0 Å². The Balaban J connectivity index is 2.59. The summed E-state index contributed by atoms with van der Waals surface area (Å²) >= 11 is 0. The van der Waals surface area contributed by atoms with Crippen molar-refractivity contribution in [2.45, 2.75) is 13.3 Å². The second kappa shape index (κ2) is 4.45. The van der Waals surface area contributed by atoms with Gasteiger partial charge in [-0.25, -0.2) is 0 Å². The Labute approximate surface area is 78.3 Å². The molecule has 0 bridgehead atoms. The van der Waals surface area contributed by atoms with Gasteiger partial charge < -0.3 is 5.32 Å². The number of benzene rings is 1. The number of nitrogens with one attached hydrogen (secondary N) is 1. The van der Waals surface area contributed by atoms with E-state index in [2.05, 4.69) is 11.9 Å². The van der Waals surface area contributed by atoms with Gasteiger partial charge in [-0.1, -0.05) is 23.8 Å². The van der Waals surface area contributed by atoms with Gasteiger partial charge in [0.1, 0.15) is 0 Å². The first-order chi connectivity index (χ1) is 6.22. The van der Waals surface area contributed by atoms with Crippen molar-refractivity contribution >= 4 is 11.6 Å². The summed E-state index contributed by atoms with van der Waals surface area (Å²) < 4.78 is 0. The summed E-state index contributed by atoms with van der Waals surface area (Å²) in [6.45, 7) is 5.50. The fraction of sp³-hybridized carbons (Fsp3) is 0.182. The van der Waals surface area contributed by atoms with Crippen molar-refractivity contribution in [2.24, 2.45) is 0 Å². The summed E-state index contributed by atoms with van der Waals surface area (Å²) in [5.74, 6) is -0.0288. The van der Waals surface area contributed by atoms with Gasteiger partial charge in [-0.05, 0) is 19.1 Å². The molecule has 0 heterocycles. The molecule has 1 aromatic rings. The molecule has 0 aliphatic heterocycles. The van der Waals surface area contributed by atoms with Crippen LogP contribution in [0.2, 0.25) is 0 Å². The molecule has 1 N–H and O–H groups in total. The largest absolute Gasteiger partial charge is 0.326 e. The molecule has 0 aliphatic rings. The van der Waals surface area contributed by atoms with Crippen LogP contribution >= 0.6 is 0 Å². The van der Waals surface area contributed by atoms with Crippen LogP contribution in [0.1, 0.15) is 12.0 Å². The number of aryl methyl sites for hydroxylation is 1. The number of carbonyl (C=O) groups excluding carboxylic acids is 1. The van der Waals surface area contributed by atoms with Crippen molar-refractivity contribution in [2.75, 3.05) is 5.32 Å². The number of hydrogen-bond acceptors (Lipinski definition) is 1. The average Bonchev–Trinajstić information content (AvgIpc) is 2.09. The van der Waals surface area contributed by atoms with Gasteiger partial charge in [-0.2, -0.15) is 0 Å². The van der Waals surface area contributed by atoms with Crippen LogP contribution in [-0.2, 0) is 4.79 Å². The molecule has 13 heavy (non-hydrogen) atoms. The van der Waals surface area contributed by atoms with Crippen LogP contribution in [-0.4, -0.2) is 5.91 Å². The third-order valence-corrected chi connectivity index (χ3v) is 1.67. The molecule has 0 fully saturated rings. The minimum absolute atomic E-state index is 0.0288. The fourth-order valence-corrected chi connectivity index (χ4v) is 0.980. The fourth-order valence-electron chi connectivity index (χ4n) is 0.980. The SMILES string of the molecule is C=CCC(=O)Nc1ccc(C)cc1. The first-order valence-electron chi connectivity index (χ1n) is 4.20. The molecular formula is C11H13NO. The van der Waals surface area contributed by atoms with Crippen molar-refractivity contribution in [3.63, 3.8) is 0 Å². The Hall–Kier alpha value is -1.57. The van der Waals surface area contributed by atoms with E-state index in [0.29, 0.717) is 6.42 Å². The van der Waals surface area contributed by atoms with Crippen LogP contribution in [0.4, 0.5) is 5.69 Å². The number of amides is 1. The van der Waals surface area contributed by atoms with Gasteiger partial charge in [0, 0.05) is 12.1 Å². The van der Waals surface area contributed by atoms with Gasteiger partial charge in [0.25, 0.3) is 0 Å². The third kappa shape index (κ3) is 3.11. The predicted molar refractivity (Wildman–Crippen MR) is 54.6 cm³/mol. The molecule has 2 nitrogen and oxygen atoms in total. The summed E-state index contributed by atoms with van der Waals surface area (Å²) in [4.78, 5) is 11.1. The van der Waals surface area contributed by atoms with E-state index >= 15 is 0 Å². The number of hydrogen-bond donors (Lipinski definition) is 1. The average molecular weight is 175 g/mol. The minimum atomic E-state index is -0.0288. The highest BCUT2D eigenvalue weighted by atomic mass is 16.1. The second-order valence-electron chi connectivity index (χ2n) is 2.91. The van der Waals surface area contributed by atoms with Gasteiger partial charge in [0.05, 0.1) is 0 Å². The van der Waals surface area contributed by atoms with Crippen LogP contribution in [0.15, 0.2) is 36.9 Å². The lowest BCUT2D eigenvalue weighted by atomic mass is 10.2. The molecule has 0 aliphatic carbocycles. The first-order valence-corrected chi connectivity index (χ1v) is 4.20. The molecule has 1 rings (SSSR count). The van der Waals surface area contributed by atoms with Gasteiger partial charge in [-0.3, -0.25) is 4.79 Å². The van der Waals surface area contributed by atoms with E-state index < -0.39 is 0 Å². The second-order valence-corrected chi connectivity index (χ2v) is 2.91. The summed E-state index contributed by atoms with van der Waals surface area (Å²) in [7, 11) is 0. The Morgan fingerprint density at radius 1 is 1.46 bits per heavy atom. The first kappa shape index (κ1) is 9.52. The maximum Gasteiger partial charge on any atom is 0.228 e. The van der Waals surface area contributed by atoms with E-state index in [1.165, 1.54) is 5.56 Å². The van der Waals surface area contributed by atoms with Crippen LogP contribution in [0, 0.1) is 6.92 Å². The van der Waals surface area contributed by atoms with Gasteiger partial charge in [-0.15, -0.1) is 6.58 Å². The molecular weight excluding hydrogens is 162 g/mol. The molecule has 0 saturated carbocycles. The van der Waals surface area contributed by atoms with Crippen molar-refractivity contribution in [3.8, 4) is 0 Å². The number of anilines is 1. The highest BCUT2D eigenvalue weighted by Gasteiger charge is 1.97. The van der Waals surface area contributed by atoms with E-state index in [4.69, 9.17) is 0 Å². The van der Waals surface area contributed by atoms with Crippen LogP contribution in [0.25, 0.3) is 0 Å². The Morgan fingerprint density at radius 3 is 2.62 bits per heavy atom. The summed E-state index contributed by atoms with van der Waals surface area (Å²) in [6.07, 6.45) is 1.94. The van der Waals surface area contributed by atoms with Crippen LogP contribution in [0.3, 0.4) is 0 Å². The van der Waals surface area contributed by atoms with Crippen molar-refractivity contribution in [3.05, 3.63) is 42.5 Å². The molecule has 0 radical (unpaired) electrons. The van der Waals surface area contributed by atoms with E-state index in [1.54, 1.807) is 6.08 Å². The van der Waals surface area contributed by atoms with E-state index in [9.17, 15) is 4.79 Å². The van der Waals surface area contributed by atoms with Crippen LogP contribution in [0.5, 0.6) is 0 Å². The van der Waals surface area contributed by atoms with Crippen LogP contribution < -0.4 is 5.32 Å². The maximum absolute atomic E-state index is 11.1. The minimum Gasteiger partial charge on any atom is -0.326 e. The van der Waals surface area contributed by atoms with E-state index in [-0.39, 0.29) is 5.91 Å². The summed E-state index contributed by atoms with van der Waals surface area (Å²) in [5, 5.41) is 2.76. The molecule has 68 valence electrons. The highest BCUT2D eigenvalue weighted by molar-refractivity contribution is 5.91. The van der Waals surface area contributed by atoms with Gasteiger partial charge in [0.2, 0.25) is 5.91 Å². The molecule has 2 heteroatoms. The Bertz CT molecular complexity index is 300. The molecule has 0 unspecified atom stereocenters. The molecule has 0 spiro atoms. The monoisotopic (exact) mass is 175 g/mol. The molecule has 1 amide bonds. The van der Waals surface area contributed by atoms with Gasteiger partial charge >= 0.3 is 0 Å². The maximum atomic E-state index is 11.1. The highest BCUT2D eigenvalue weighted by Crippen LogP contribution is 2.08. The standard InChI is InChI=1S/C11H13NO/c1-3-4-11(13)12-10-7-5-9(2)6-8-10/h3,5-8H,1,4H2,2H3,(H,12,13). The van der Waals surface area contributed by atoms with E-state index in [1.807, 2.05) is 31.2 Å². The van der Waals surface area contributed by atoms with E-state index in [0.717, 1.165) is 5.69 Å².